The molecule has 0 saturated carbocycles. The van der Waals surface area contributed by atoms with Gasteiger partial charge in [-0.25, -0.2) is 0 Å². The van der Waals surface area contributed by atoms with Crippen LogP contribution in [0, 0.1) is 0 Å². The van der Waals surface area contributed by atoms with Crippen molar-refractivity contribution in [1.29, 1.82) is 0 Å². The summed E-state index contributed by atoms with van der Waals surface area (Å²) in [7, 11) is 0. The quantitative estimate of drug-likeness (QED) is 0.751. The average molecular weight is 297 g/mol. The van der Waals surface area contributed by atoms with E-state index in [0.29, 0.717) is 24.5 Å². The summed E-state index contributed by atoms with van der Waals surface area (Å²) in [4.78, 5) is 14.8. The van der Waals surface area contributed by atoms with Crippen LogP contribution in [0.4, 0.5) is 5.69 Å². The number of unbranched alkanes of at least 4 members (excludes halogenated alkanes) is 1. The molecule has 3 heteroatoms. The Bertz CT molecular complexity index is 595. The molecular weight excluding hydrogens is 274 g/mol. The molecule has 0 unspecified atom stereocenters. The van der Waals surface area contributed by atoms with Crippen molar-refractivity contribution in [2.24, 2.45) is 0 Å². The lowest BCUT2D eigenvalue weighted by Crippen LogP contribution is -2.32. The van der Waals surface area contributed by atoms with E-state index < -0.39 is 0 Å². The molecule has 22 heavy (non-hydrogen) atoms. The monoisotopic (exact) mass is 297 g/mol. The van der Waals surface area contributed by atoms with Crippen molar-refractivity contribution in [3.63, 3.8) is 0 Å². The molecular formula is C19H23NO2. The number of amides is 1. The largest absolute Gasteiger partial charge is 0.493 e. The van der Waals surface area contributed by atoms with Crippen molar-refractivity contribution in [2.75, 3.05) is 18.1 Å². The minimum Gasteiger partial charge on any atom is -0.493 e. The van der Waals surface area contributed by atoms with E-state index in [1.54, 1.807) is 0 Å². The molecule has 0 bridgehead atoms. The van der Waals surface area contributed by atoms with E-state index in [1.165, 1.54) is 0 Å². The summed E-state index contributed by atoms with van der Waals surface area (Å²) in [6, 6.07) is 17.2. The van der Waals surface area contributed by atoms with Crippen molar-refractivity contribution < 1.29 is 9.53 Å². The van der Waals surface area contributed by atoms with Crippen LogP contribution < -0.4 is 9.64 Å². The van der Waals surface area contributed by atoms with Gasteiger partial charge in [0.05, 0.1) is 12.2 Å². The second-order valence-corrected chi connectivity index (χ2v) is 5.08. The van der Waals surface area contributed by atoms with Crippen molar-refractivity contribution in [3.05, 3.63) is 60.2 Å². The summed E-state index contributed by atoms with van der Waals surface area (Å²) in [5.41, 5.74) is 1.54. The Hall–Kier alpha value is -2.29. The third kappa shape index (κ3) is 3.88. The van der Waals surface area contributed by atoms with Crippen LogP contribution in [0.25, 0.3) is 0 Å². The van der Waals surface area contributed by atoms with Gasteiger partial charge in [0.25, 0.3) is 5.91 Å². The Balaban J connectivity index is 2.33. The fraction of sp³-hybridized carbons (Fsp3) is 0.316. The summed E-state index contributed by atoms with van der Waals surface area (Å²) < 4.78 is 5.60. The van der Waals surface area contributed by atoms with Crippen LogP contribution in [0.15, 0.2) is 54.6 Å². The lowest BCUT2D eigenvalue weighted by atomic mass is 10.1. The number of nitrogens with zero attached hydrogens (tertiary/aromatic N) is 1. The predicted octanol–water partition coefficient (Wildman–Crippen LogP) is 4.53. The maximum Gasteiger partial charge on any atom is 0.262 e. The highest BCUT2D eigenvalue weighted by atomic mass is 16.5. The van der Waals surface area contributed by atoms with E-state index in [1.807, 2.05) is 66.4 Å². The summed E-state index contributed by atoms with van der Waals surface area (Å²) in [5.74, 6) is 0.635. The second-order valence-electron chi connectivity index (χ2n) is 5.08. The molecule has 0 aromatic heterocycles. The first-order chi connectivity index (χ1) is 10.8. The smallest absolute Gasteiger partial charge is 0.262 e. The Kier molecular flexibility index (Phi) is 6.01. The van der Waals surface area contributed by atoms with Gasteiger partial charge in [0.2, 0.25) is 0 Å². The van der Waals surface area contributed by atoms with Gasteiger partial charge < -0.3 is 9.64 Å². The van der Waals surface area contributed by atoms with Crippen LogP contribution in [0.5, 0.6) is 5.75 Å². The molecule has 2 aromatic carbocycles. The molecule has 2 rings (SSSR count). The Morgan fingerprint density at radius 2 is 1.68 bits per heavy atom. The fourth-order valence-electron chi connectivity index (χ4n) is 2.34. The summed E-state index contributed by atoms with van der Waals surface area (Å²) in [6.07, 6.45) is 2.02. The highest BCUT2D eigenvalue weighted by Crippen LogP contribution is 2.23. The topological polar surface area (TPSA) is 29.5 Å². The van der Waals surface area contributed by atoms with Crippen LogP contribution in [0.1, 0.15) is 37.0 Å². The first-order valence-corrected chi connectivity index (χ1v) is 7.86. The number of anilines is 1. The van der Waals surface area contributed by atoms with Gasteiger partial charge in [-0.2, -0.15) is 0 Å². The standard InChI is InChI=1S/C19H23NO2/c1-3-5-15-20(16-11-7-6-8-12-16)19(21)17-13-9-10-14-18(17)22-4-2/h6-14H,3-5,15H2,1-2H3. The highest BCUT2D eigenvalue weighted by molar-refractivity contribution is 6.07. The Morgan fingerprint density at radius 3 is 2.36 bits per heavy atom. The zero-order valence-electron chi connectivity index (χ0n) is 13.3. The third-order valence-corrected chi connectivity index (χ3v) is 3.47. The van der Waals surface area contributed by atoms with Crippen LogP contribution in [0.2, 0.25) is 0 Å². The van der Waals surface area contributed by atoms with E-state index in [9.17, 15) is 4.79 Å². The minimum absolute atomic E-state index is 0.0105. The molecule has 0 aliphatic carbocycles. The van der Waals surface area contributed by atoms with Gasteiger partial charge in [0.1, 0.15) is 5.75 Å². The Labute approximate surface area is 132 Å². The highest BCUT2D eigenvalue weighted by Gasteiger charge is 2.20. The predicted molar refractivity (Wildman–Crippen MR) is 90.6 cm³/mol. The number of carbonyl (C=O) groups is 1. The molecule has 0 fully saturated rings. The molecule has 1 amide bonds. The lowest BCUT2D eigenvalue weighted by molar-refractivity contribution is 0.0983. The fourth-order valence-corrected chi connectivity index (χ4v) is 2.34. The maximum atomic E-state index is 13.0. The van der Waals surface area contributed by atoms with Gasteiger partial charge in [0, 0.05) is 12.2 Å². The van der Waals surface area contributed by atoms with Crippen molar-refractivity contribution in [2.45, 2.75) is 26.7 Å². The average Bonchev–Trinajstić information content (AvgIpc) is 2.57. The molecule has 0 aliphatic rings. The molecule has 0 N–H and O–H groups in total. The van der Waals surface area contributed by atoms with Crippen molar-refractivity contribution in [3.8, 4) is 5.75 Å². The molecule has 2 aromatic rings. The van der Waals surface area contributed by atoms with Gasteiger partial charge >= 0.3 is 0 Å². The maximum absolute atomic E-state index is 13.0. The zero-order valence-corrected chi connectivity index (χ0v) is 13.3. The zero-order chi connectivity index (χ0) is 15.8. The first kappa shape index (κ1) is 16.1. The first-order valence-electron chi connectivity index (χ1n) is 7.86. The SMILES string of the molecule is CCCCN(C(=O)c1ccccc1OCC)c1ccccc1. The van der Waals surface area contributed by atoms with Gasteiger partial charge in [0.15, 0.2) is 0 Å². The molecule has 116 valence electrons. The second kappa shape index (κ2) is 8.23. The number of hydrogen-bond donors (Lipinski definition) is 0. The van der Waals surface area contributed by atoms with Gasteiger partial charge in [-0.05, 0) is 37.6 Å². The van der Waals surface area contributed by atoms with Crippen molar-refractivity contribution >= 4 is 11.6 Å². The van der Waals surface area contributed by atoms with E-state index in [2.05, 4.69) is 6.92 Å². The normalized spacial score (nSPS) is 10.3. The number of carbonyl (C=O) groups excluding carboxylic acids is 1. The van der Waals surface area contributed by atoms with Crippen LogP contribution >= 0.6 is 0 Å². The van der Waals surface area contributed by atoms with Crippen molar-refractivity contribution in [1.82, 2.24) is 0 Å². The summed E-state index contributed by atoms with van der Waals surface area (Å²) in [6.45, 7) is 5.31. The third-order valence-electron chi connectivity index (χ3n) is 3.47. The Morgan fingerprint density at radius 1 is 1.00 bits per heavy atom. The number of hydrogen-bond acceptors (Lipinski definition) is 2. The molecule has 0 spiro atoms. The molecule has 3 nitrogen and oxygen atoms in total. The van der Waals surface area contributed by atoms with Gasteiger partial charge in [-0.3, -0.25) is 4.79 Å². The number of ether oxygens (including phenoxy) is 1. The molecule has 0 atom stereocenters. The van der Waals surface area contributed by atoms with Gasteiger partial charge in [-0.1, -0.05) is 43.7 Å². The van der Waals surface area contributed by atoms with Crippen LogP contribution in [0.3, 0.4) is 0 Å². The molecule has 0 radical (unpaired) electrons. The number of para-hydroxylation sites is 2. The van der Waals surface area contributed by atoms with Gasteiger partial charge in [-0.15, -0.1) is 0 Å². The number of benzene rings is 2. The van der Waals surface area contributed by atoms with E-state index in [-0.39, 0.29) is 5.91 Å². The lowest BCUT2D eigenvalue weighted by Gasteiger charge is -2.23. The van der Waals surface area contributed by atoms with Crippen LogP contribution in [-0.2, 0) is 0 Å². The van der Waals surface area contributed by atoms with E-state index >= 15 is 0 Å². The minimum atomic E-state index is -0.0105. The summed E-state index contributed by atoms with van der Waals surface area (Å²) in [5, 5.41) is 0. The number of rotatable bonds is 7. The molecule has 0 heterocycles. The summed E-state index contributed by atoms with van der Waals surface area (Å²) >= 11 is 0. The van der Waals surface area contributed by atoms with Crippen LogP contribution in [-0.4, -0.2) is 19.1 Å². The molecule has 0 aliphatic heterocycles. The van der Waals surface area contributed by atoms with E-state index in [0.717, 1.165) is 18.5 Å². The van der Waals surface area contributed by atoms with E-state index in [4.69, 9.17) is 4.74 Å². The molecule has 0 saturated heterocycles.